The van der Waals surface area contributed by atoms with Gasteiger partial charge in [-0.25, -0.2) is 8.42 Å². The van der Waals surface area contributed by atoms with Gasteiger partial charge in [-0.05, 0) is 53.8 Å². The molecule has 0 unspecified atom stereocenters. The first-order valence-electron chi connectivity index (χ1n) is 9.72. The molecule has 0 N–H and O–H groups in total. The van der Waals surface area contributed by atoms with Crippen LogP contribution in [-0.4, -0.2) is 44.6 Å². The van der Waals surface area contributed by atoms with Gasteiger partial charge in [0.15, 0.2) is 0 Å². The molecule has 0 saturated carbocycles. The summed E-state index contributed by atoms with van der Waals surface area (Å²) in [5.74, 6) is 1.61. The molecule has 29 heavy (non-hydrogen) atoms. The first kappa shape index (κ1) is 19.0. The lowest BCUT2D eigenvalue weighted by atomic mass is 10.00. The number of anilines is 1. The van der Waals surface area contributed by atoms with Crippen LogP contribution in [0.3, 0.4) is 0 Å². The van der Waals surface area contributed by atoms with E-state index in [2.05, 4.69) is 0 Å². The second-order valence-corrected chi connectivity index (χ2v) is 10.6. The van der Waals surface area contributed by atoms with Crippen molar-refractivity contribution in [2.45, 2.75) is 29.5 Å². The number of amides is 1. The molecule has 0 aliphatic carbocycles. The maximum atomic E-state index is 13.6. The Hall–Kier alpha value is -2.03. The summed E-state index contributed by atoms with van der Waals surface area (Å²) >= 11 is 1.63. The largest absolute Gasteiger partial charge is 0.497 e. The zero-order valence-corrected chi connectivity index (χ0v) is 17.8. The predicted octanol–water partition coefficient (Wildman–Crippen LogP) is 2.97. The highest BCUT2D eigenvalue weighted by atomic mass is 32.2. The van der Waals surface area contributed by atoms with Crippen LogP contribution in [0.15, 0.2) is 41.3 Å². The summed E-state index contributed by atoms with van der Waals surface area (Å²) in [6.45, 7) is 1.13. The third-order valence-corrected chi connectivity index (χ3v) is 9.10. The average molecular weight is 431 g/mol. The topological polar surface area (TPSA) is 66.9 Å². The molecule has 8 heteroatoms. The molecule has 3 heterocycles. The molecule has 1 amide bonds. The molecule has 3 aliphatic rings. The molecular formula is C21H22N2O4S2. The molecule has 152 valence electrons. The van der Waals surface area contributed by atoms with Crippen molar-refractivity contribution in [1.29, 1.82) is 0 Å². The standard InChI is InChI=1S/C21H22N2O4S2/c1-27-17-4-2-3-16(11-17)21-23(9-10-28-21)29(25,26)18-12-14-5-6-19(24)22-8-7-15(13-18)20(14)22/h2-4,11-13,21H,5-10H2,1H3/t21-/m1/s1. The Balaban J connectivity index is 1.53. The molecule has 1 fully saturated rings. The highest BCUT2D eigenvalue weighted by Gasteiger charge is 2.39. The number of benzene rings is 2. The normalized spacial score (nSPS) is 21.5. The highest BCUT2D eigenvalue weighted by molar-refractivity contribution is 8.01. The van der Waals surface area contributed by atoms with Crippen LogP contribution >= 0.6 is 11.8 Å². The van der Waals surface area contributed by atoms with Gasteiger partial charge in [-0.3, -0.25) is 4.79 Å². The van der Waals surface area contributed by atoms with Crippen LogP contribution in [0.5, 0.6) is 5.75 Å². The number of rotatable bonds is 4. The van der Waals surface area contributed by atoms with Gasteiger partial charge in [-0.1, -0.05) is 12.1 Å². The minimum absolute atomic E-state index is 0.140. The average Bonchev–Trinajstić information content (AvgIpc) is 3.39. The molecule has 1 atom stereocenters. The van der Waals surface area contributed by atoms with E-state index in [4.69, 9.17) is 4.74 Å². The van der Waals surface area contributed by atoms with Crippen LogP contribution in [0.4, 0.5) is 5.69 Å². The van der Waals surface area contributed by atoms with Gasteiger partial charge in [-0.2, -0.15) is 4.31 Å². The summed E-state index contributed by atoms with van der Waals surface area (Å²) in [4.78, 5) is 14.3. The number of carbonyl (C=O) groups excluding carboxylic acids is 1. The summed E-state index contributed by atoms with van der Waals surface area (Å²) in [5, 5.41) is -0.266. The Labute approximate surface area is 174 Å². The van der Waals surface area contributed by atoms with E-state index in [0.717, 1.165) is 33.9 Å². The number of sulfonamides is 1. The molecule has 6 nitrogen and oxygen atoms in total. The number of nitrogens with zero attached hydrogens (tertiary/aromatic N) is 2. The molecule has 0 aromatic heterocycles. The molecule has 2 aromatic carbocycles. The van der Waals surface area contributed by atoms with Gasteiger partial charge in [0.2, 0.25) is 15.9 Å². The van der Waals surface area contributed by atoms with Crippen molar-refractivity contribution >= 4 is 33.4 Å². The zero-order chi connectivity index (χ0) is 20.2. The SMILES string of the molecule is COc1cccc([C@H]2SCCN2S(=O)(=O)c2cc3c4c(c2)CCN4C(=O)CC3)c1. The summed E-state index contributed by atoms with van der Waals surface area (Å²) in [7, 11) is -2.04. The minimum atomic E-state index is -3.65. The predicted molar refractivity (Wildman–Crippen MR) is 113 cm³/mol. The number of methoxy groups -OCH3 is 1. The Kier molecular flexibility index (Phi) is 4.60. The minimum Gasteiger partial charge on any atom is -0.497 e. The molecule has 0 bridgehead atoms. The fourth-order valence-corrected chi connectivity index (χ4v) is 7.80. The van der Waals surface area contributed by atoms with Crippen LogP contribution in [0.25, 0.3) is 0 Å². The van der Waals surface area contributed by atoms with Gasteiger partial charge in [-0.15, -0.1) is 11.8 Å². The van der Waals surface area contributed by atoms with Crippen molar-refractivity contribution in [3.8, 4) is 5.75 Å². The quantitative estimate of drug-likeness (QED) is 0.746. The van der Waals surface area contributed by atoms with E-state index in [1.165, 1.54) is 0 Å². The first-order chi connectivity index (χ1) is 14.0. The summed E-state index contributed by atoms with van der Waals surface area (Å²) in [6, 6.07) is 11.2. The Bertz CT molecular complexity index is 1100. The van der Waals surface area contributed by atoms with E-state index in [1.807, 2.05) is 29.2 Å². The van der Waals surface area contributed by atoms with Crippen LogP contribution in [0, 0.1) is 0 Å². The van der Waals surface area contributed by atoms with Gasteiger partial charge in [0.25, 0.3) is 0 Å². The summed E-state index contributed by atoms with van der Waals surface area (Å²) in [5.41, 5.74) is 3.82. The smallest absolute Gasteiger partial charge is 0.244 e. The fraction of sp³-hybridized carbons (Fsp3) is 0.381. The Morgan fingerprint density at radius 3 is 2.66 bits per heavy atom. The second kappa shape index (κ2) is 7.04. The molecular weight excluding hydrogens is 408 g/mol. The van der Waals surface area contributed by atoms with Crippen molar-refractivity contribution in [3.63, 3.8) is 0 Å². The molecule has 2 aromatic rings. The molecule has 0 radical (unpaired) electrons. The van der Waals surface area contributed by atoms with E-state index < -0.39 is 10.0 Å². The van der Waals surface area contributed by atoms with Crippen LogP contribution < -0.4 is 9.64 Å². The number of hydrogen-bond acceptors (Lipinski definition) is 5. The number of hydrogen-bond donors (Lipinski definition) is 0. The van der Waals surface area contributed by atoms with Crippen molar-refractivity contribution in [1.82, 2.24) is 4.31 Å². The van der Waals surface area contributed by atoms with Crippen molar-refractivity contribution in [2.75, 3.05) is 30.9 Å². The van der Waals surface area contributed by atoms with Gasteiger partial charge >= 0.3 is 0 Å². The molecule has 5 rings (SSSR count). The van der Waals surface area contributed by atoms with E-state index >= 15 is 0 Å². The van der Waals surface area contributed by atoms with Crippen LogP contribution in [0.2, 0.25) is 0 Å². The number of ether oxygens (including phenoxy) is 1. The van der Waals surface area contributed by atoms with E-state index in [-0.39, 0.29) is 11.3 Å². The van der Waals surface area contributed by atoms with Gasteiger partial charge in [0, 0.05) is 25.3 Å². The van der Waals surface area contributed by atoms with Crippen LogP contribution in [-0.2, 0) is 27.7 Å². The lowest BCUT2D eigenvalue weighted by Gasteiger charge is -2.27. The molecule has 0 spiro atoms. The second-order valence-electron chi connectivity index (χ2n) is 7.50. The number of carbonyl (C=O) groups is 1. The van der Waals surface area contributed by atoms with Crippen LogP contribution in [0.1, 0.15) is 28.5 Å². The Morgan fingerprint density at radius 2 is 1.86 bits per heavy atom. The maximum absolute atomic E-state index is 13.6. The highest BCUT2D eigenvalue weighted by Crippen LogP contribution is 2.44. The van der Waals surface area contributed by atoms with Crippen molar-refractivity contribution < 1.29 is 17.9 Å². The van der Waals surface area contributed by atoms with Crippen molar-refractivity contribution in [3.05, 3.63) is 53.1 Å². The lowest BCUT2D eigenvalue weighted by Crippen LogP contribution is -2.33. The molecule has 1 saturated heterocycles. The van der Waals surface area contributed by atoms with Crippen molar-refractivity contribution in [2.24, 2.45) is 0 Å². The fourth-order valence-electron chi connectivity index (χ4n) is 4.47. The first-order valence-corrected chi connectivity index (χ1v) is 12.2. The van der Waals surface area contributed by atoms with Gasteiger partial charge in [0.05, 0.1) is 23.1 Å². The third kappa shape index (κ3) is 3.05. The summed E-state index contributed by atoms with van der Waals surface area (Å²) < 4.78 is 34.1. The molecule has 3 aliphatic heterocycles. The third-order valence-electron chi connectivity index (χ3n) is 5.86. The van der Waals surface area contributed by atoms with Gasteiger partial charge in [0.1, 0.15) is 5.75 Å². The number of aryl methyl sites for hydroxylation is 1. The lowest BCUT2D eigenvalue weighted by molar-refractivity contribution is -0.118. The monoisotopic (exact) mass is 430 g/mol. The Morgan fingerprint density at radius 1 is 1.07 bits per heavy atom. The zero-order valence-electron chi connectivity index (χ0n) is 16.1. The van der Waals surface area contributed by atoms with Gasteiger partial charge < -0.3 is 9.64 Å². The number of thioether (sulfide) groups is 1. The van der Waals surface area contributed by atoms with E-state index in [9.17, 15) is 13.2 Å². The maximum Gasteiger partial charge on any atom is 0.244 e. The van der Waals surface area contributed by atoms with E-state index in [0.29, 0.717) is 37.2 Å². The van der Waals surface area contributed by atoms with E-state index in [1.54, 1.807) is 35.3 Å². The summed E-state index contributed by atoms with van der Waals surface area (Å²) in [6.07, 6.45) is 1.77.